The van der Waals surface area contributed by atoms with E-state index in [2.05, 4.69) is 22.0 Å². The second-order valence-electron chi connectivity index (χ2n) is 8.61. The van der Waals surface area contributed by atoms with Gasteiger partial charge in [0.15, 0.2) is 5.13 Å². The van der Waals surface area contributed by atoms with Gasteiger partial charge in [0.25, 0.3) is 5.91 Å². The number of carboxylic acid groups (broad SMARTS) is 1. The smallest absolute Gasteiger partial charge is 0.371 e. The van der Waals surface area contributed by atoms with Crippen LogP contribution in [0.15, 0.2) is 41.5 Å². The van der Waals surface area contributed by atoms with Crippen LogP contribution >= 0.6 is 11.3 Å². The van der Waals surface area contributed by atoms with Gasteiger partial charge in [-0.15, -0.1) is 11.3 Å². The van der Waals surface area contributed by atoms with Crippen molar-refractivity contribution in [2.75, 3.05) is 19.0 Å². The Kier molecular flexibility index (Phi) is 11.1. The van der Waals surface area contributed by atoms with Crippen molar-refractivity contribution in [3.8, 4) is 11.3 Å². The Labute approximate surface area is 228 Å². The number of anilines is 1. The van der Waals surface area contributed by atoms with Crippen molar-refractivity contribution in [1.82, 2.24) is 4.98 Å². The van der Waals surface area contributed by atoms with Gasteiger partial charge in [0.05, 0.1) is 19.4 Å². The Morgan fingerprint density at radius 2 is 1.82 bits per heavy atom. The number of ether oxygens (including phenoxy) is 2. The number of aliphatic carboxylic acids is 1. The van der Waals surface area contributed by atoms with Crippen LogP contribution in [0, 0.1) is 17.5 Å². The first-order valence-corrected chi connectivity index (χ1v) is 13.2. The van der Waals surface area contributed by atoms with E-state index >= 15 is 4.39 Å². The zero-order valence-electron chi connectivity index (χ0n) is 21.6. The first kappa shape index (κ1) is 29.9. The van der Waals surface area contributed by atoms with Crippen molar-refractivity contribution in [1.29, 1.82) is 0 Å². The number of carbonyl (C=O) groups is 2. The number of nitrogens with one attached hydrogen (secondary N) is 1. The molecule has 208 valence electrons. The number of aromatic nitrogens is 1. The fourth-order valence-electron chi connectivity index (χ4n) is 3.70. The van der Waals surface area contributed by atoms with Gasteiger partial charge in [0, 0.05) is 40.3 Å². The molecule has 0 aliphatic heterocycles. The minimum Gasteiger partial charge on any atom is -0.490 e. The molecule has 1 amide bonds. The third-order valence-electron chi connectivity index (χ3n) is 5.78. The summed E-state index contributed by atoms with van der Waals surface area (Å²) >= 11 is 1.02. The number of hydrogen-bond donors (Lipinski definition) is 2. The lowest BCUT2D eigenvalue weighted by molar-refractivity contribution is -0.135. The second kappa shape index (κ2) is 14.5. The maximum Gasteiger partial charge on any atom is 0.371 e. The quantitative estimate of drug-likeness (QED) is 0.124. The molecule has 3 aromatic rings. The normalized spacial score (nSPS) is 11.5. The highest BCUT2D eigenvalue weighted by molar-refractivity contribution is 7.14. The average Bonchev–Trinajstić information content (AvgIpc) is 3.36. The number of nitrogens with zero attached hydrogens (tertiary/aromatic N) is 1. The largest absolute Gasteiger partial charge is 0.490 e. The number of thiazole rings is 1. The van der Waals surface area contributed by atoms with Crippen molar-refractivity contribution in [3.63, 3.8) is 0 Å². The van der Waals surface area contributed by atoms with E-state index in [4.69, 9.17) is 9.84 Å². The number of amides is 1. The van der Waals surface area contributed by atoms with Gasteiger partial charge in [0.1, 0.15) is 17.5 Å². The molecule has 1 heterocycles. The van der Waals surface area contributed by atoms with Crippen LogP contribution in [0.2, 0.25) is 0 Å². The molecule has 3 rings (SSSR count). The molecule has 0 saturated heterocycles. The molecule has 0 fully saturated rings. The number of carbonyl (C=O) groups excluding carboxylic acids is 1. The van der Waals surface area contributed by atoms with Crippen LogP contribution in [-0.2, 0) is 20.9 Å². The van der Waals surface area contributed by atoms with E-state index < -0.39 is 40.7 Å². The van der Waals surface area contributed by atoms with Gasteiger partial charge in [-0.3, -0.25) is 10.1 Å². The van der Waals surface area contributed by atoms with Crippen LogP contribution in [-0.4, -0.2) is 35.7 Å². The number of halogens is 3. The Balaban J connectivity index is 1.67. The zero-order chi connectivity index (χ0) is 28.4. The summed E-state index contributed by atoms with van der Waals surface area (Å²) < 4.78 is 54.3. The number of rotatable bonds is 14. The molecule has 11 heteroatoms. The highest BCUT2D eigenvalue weighted by atomic mass is 32.1. The summed E-state index contributed by atoms with van der Waals surface area (Å²) in [4.78, 5) is 27.9. The van der Waals surface area contributed by atoms with E-state index in [0.29, 0.717) is 18.2 Å². The first-order valence-electron chi connectivity index (χ1n) is 12.4. The molecule has 0 spiro atoms. The molecule has 0 saturated carbocycles. The maximum atomic E-state index is 15.1. The lowest BCUT2D eigenvalue weighted by atomic mass is 10.1. The molecule has 7 nitrogen and oxygen atoms in total. The van der Waals surface area contributed by atoms with Crippen molar-refractivity contribution >= 4 is 34.4 Å². The molecule has 1 aromatic heterocycles. The maximum absolute atomic E-state index is 15.1. The van der Waals surface area contributed by atoms with E-state index in [1.807, 2.05) is 0 Å². The summed E-state index contributed by atoms with van der Waals surface area (Å²) in [5.41, 5.74) is -0.116. The van der Waals surface area contributed by atoms with Crippen molar-refractivity contribution in [3.05, 3.63) is 75.6 Å². The third-order valence-corrected chi connectivity index (χ3v) is 6.53. The molecule has 2 aromatic carbocycles. The van der Waals surface area contributed by atoms with Gasteiger partial charge in [-0.05, 0) is 24.6 Å². The number of carboxylic acids is 1. The fourth-order valence-corrected chi connectivity index (χ4v) is 4.40. The van der Waals surface area contributed by atoms with Crippen LogP contribution in [0.25, 0.3) is 17.3 Å². The number of benzene rings is 2. The zero-order valence-corrected chi connectivity index (χ0v) is 22.4. The predicted molar refractivity (Wildman–Crippen MR) is 143 cm³/mol. The Hall–Kier alpha value is -3.70. The Morgan fingerprint density at radius 3 is 2.49 bits per heavy atom. The lowest BCUT2D eigenvalue weighted by Crippen LogP contribution is -2.13. The minimum absolute atomic E-state index is 0.0977. The van der Waals surface area contributed by atoms with Crippen LogP contribution in [0.5, 0.6) is 0 Å². The molecule has 0 bridgehead atoms. The summed E-state index contributed by atoms with van der Waals surface area (Å²) in [5.74, 6) is -5.82. The van der Waals surface area contributed by atoms with Gasteiger partial charge in [-0.2, -0.15) is 0 Å². The lowest BCUT2D eigenvalue weighted by Gasteiger charge is -2.08. The SMILES string of the molecule is CCCCCCCOCc1cccc(-c2csc(NC(=O)c3cc(F)c(C=C(OC)C(=O)O)c(F)c3)n2)c1F. The average molecular weight is 563 g/mol. The highest BCUT2D eigenvalue weighted by Crippen LogP contribution is 2.29. The van der Waals surface area contributed by atoms with Crippen LogP contribution in [0.3, 0.4) is 0 Å². The molecular weight excluding hydrogens is 533 g/mol. The van der Waals surface area contributed by atoms with Gasteiger partial charge in [0.2, 0.25) is 5.76 Å². The highest BCUT2D eigenvalue weighted by Gasteiger charge is 2.19. The number of unbranched alkanes of at least 4 members (excludes halogenated alkanes) is 4. The molecule has 0 atom stereocenters. The summed E-state index contributed by atoms with van der Waals surface area (Å²) in [6, 6.07) is 6.42. The summed E-state index contributed by atoms with van der Waals surface area (Å²) in [6.07, 6.45) is 6.18. The van der Waals surface area contributed by atoms with Gasteiger partial charge in [-0.1, -0.05) is 44.7 Å². The third kappa shape index (κ3) is 8.14. The number of hydrogen-bond acceptors (Lipinski definition) is 6. The molecule has 39 heavy (non-hydrogen) atoms. The first-order chi connectivity index (χ1) is 18.7. The molecule has 2 N–H and O–H groups in total. The van der Waals surface area contributed by atoms with Crippen molar-refractivity contribution in [2.45, 2.75) is 45.6 Å². The summed E-state index contributed by atoms with van der Waals surface area (Å²) in [5, 5.41) is 13.1. The van der Waals surface area contributed by atoms with Crippen LogP contribution < -0.4 is 5.32 Å². The van der Waals surface area contributed by atoms with Crippen molar-refractivity contribution in [2.24, 2.45) is 0 Å². The standard InChI is InChI=1S/C28H29F3N2O5S/c1-3-4-5-6-7-11-38-15-17-9-8-10-19(25(17)31)23-16-39-28(32-23)33-26(34)18-12-21(29)20(22(30)13-18)14-24(37-2)27(35)36/h8-10,12-14,16H,3-7,11,15H2,1-2H3,(H,35,36)(H,32,33,34). The fraction of sp³-hybridized carbons (Fsp3) is 0.321. The summed E-state index contributed by atoms with van der Waals surface area (Å²) in [6.45, 7) is 2.82. The van der Waals surface area contributed by atoms with E-state index in [1.54, 1.807) is 23.6 Å². The Bertz CT molecular complexity index is 1320. The second-order valence-corrected chi connectivity index (χ2v) is 9.47. The Morgan fingerprint density at radius 1 is 1.10 bits per heavy atom. The molecule has 0 radical (unpaired) electrons. The van der Waals surface area contributed by atoms with Crippen LogP contribution in [0.4, 0.5) is 18.3 Å². The topological polar surface area (TPSA) is 97.8 Å². The predicted octanol–water partition coefficient (Wildman–Crippen LogP) is 7.04. The number of methoxy groups -OCH3 is 1. The molecule has 0 aliphatic rings. The monoisotopic (exact) mass is 562 g/mol. The van der Waals surface area contributed by atoms with E-state index in [9.17, 15) is 18.4 Å². The minimum atomic E-state index is -1.51. The molecular formula is C28H29F3N2O5S. The van der Waals surface area contributed by atoms with E-state index in [1.165, 1.54) is 6.42 Å². The van der Waals surface area contributed by atoms with Gasteiger partial charge in [-0.25, -0.2) is 22.9 Å². The molecule has 0 unspecified atom stereocenters. The van der Waals surface area contributed by atoms with E-state index in [-0.39, 0.29) is 28.6 Å². The van der Waals surface area contributed by atoms with Gasteiger partial charge >= 0.3 is 5.97 Å². The van der Waals surface area contributed by atoms with Crippen molar-refractivity contribution < 1.29 is 37.3 Å². The van der Waals surface area contributed by atoms with Crippen LogP contribution in [0.1, 0.15) is 60.5 Å². The summed E-state index contributed by atoms with van der Waals surface area (Å²) in [7, 11) is 1.05. The van der Waals surface area contributed by atoms with E-state index in [0.717, 1.165) is 56.3 Å². The van der Waals surface area contributed by atoms with Gasteiger partial charge < -0.3 is 14.6 Å². The molecule has 0 aliphatic carbocycles.